The van der Waals surface area contributed by atoms with E-state index in [1.54, 1.807) is 6.07 Å². The van der Waals surface area contributed by atoms with Gasteiger partial charge in [-0.2, -0.15) is 0 Å². The average molecular weight is 326 g/mol. The van der Waals surface area contributed by atoms with Crippen LogP contribution in [0.3, 0.4) is 0 Å². The SMILES string of the molecule is COc1cc(Cl)c(Cl)cc1C(=O)NCC1CNC1.Cl. The number of carbonyl (C=O) groups excluding carboxylic acids is 1. The maximum Gasteiger partial charge on any atom is 0.255 e. The first-order valence-corrected chi connectivity index (χ1v) is 6.39. The molecule has 0 aliphatic carbocycles. The molecule has 106 valence electrons. The Hall–Kier alpha value is -0.680. The minimum absolute atomic E-state index is 0. The van der Waals surface area contributed by atoms with Crippen molar-refractivity contribution in [1.82, 2.24) is 10.6 Å². The summed E-state index contributed by atoms with van der Waals surface area (Å²) in [5.41, 5.74) is 0.402. The highest BCUT2D eigenvalue weighted by molar-refractivity contribution is 6.42. The molecule has 1 saturated heterocycles. The zero-order valence-electron chi connectivity index (χ0n) is 10.3. The Balaban J connectivity index is 0.00000180. The molecule has 1 aromatic carbocycles. The first-order valence-electron chi connectivity index (χ1n) is 5.63. The van der Waals surface area contributed by atoms with Gasteiger partial charge < -0.3 is 15.4 Å². The van der Waals surface area contributed by atoms with Gasteiger partial charge in [-0.05, 0) is 6.07 Å². The molecule has 0 spiro atoms. The van der Waals surface area contributed by atoms with E-state index in [0.29, 0.717) is 33.8 Å². The van der Waals surface area contributed by atoms with Crippen LogP contribution < -0.4 is 15.4 Å². The molecule has 2 N–H and O–H groups in total. The molecule has 1 aromatic rings. The molecule has 0 saturated carbocycles. The molecule has 2 rings (SSSR count). The molecular weight excluding hydrogens is 311 g/mol. The zero-order chi connectivity index (χ0) is 13.1. The highest BCUT2D eigenvalue weighted by Crippen LogP contribution is 2.30. The minimum Gasteiger partial charge on any atom is -0.496 e. The van der Waals surface area contributed by atoms with E-state index in [2.05, 4.69) is 10.6 Å². The lowest BCUT2D eigenvalue weighted by molar-refractivity contribution is 0.0939. The summed E-state index contributed by atoms with van der Waals surface area (Å²) >= 11 is 11.8. The quantitative estimate of drug-likeness (QED) is 0.893. The van der Waals surface area contributed by atoms with Crippen molar-refractivity contribution in [2.75, 3.05) is 26.7 Å². The number of rotatable bonds is 4. The van der Waals surface area contributed by atoms with Crippen molar-refractivity contribution >= 4 is 41.5 Å². The molecule has 1 heterocycles. The molecule has 1 aliphatic rings. The summed E-state index contributed by atoms with van der Waals surface area (Å²) < 4.78 is 5.13. The average Bonchev–Trinajstić information content (AvgIpc) is 2.29. The van der Waals surface area contributed by atoms with Crippen LogP contribution in [0.5, 0.6) is 5.75 Å². The van der Waals surface area contributed by atoms with Crippen molar-refractivity contribution in [1.29, 1.82) is 0 Å². The number of nitrogens with one attached hydrogen (secondary N) is 2. The van der Waals surface area contributed by atoms with Gasteiger partial charge in [0.05, 0.1) is 22.7 Å². The molecule has 0 atom stereocenters. The molecule has 1 fully saturated rings. The third-order valence-corrected chi connectivity index (χ3v) is 3.63. The topological polar surface area (TPSA) is 50.4 Å². The number of amides is 1. The monoisotopic (exact) mass is 324 g/mol. The Morgan fingerprint density at radius 2 is 2.05 bits per heavy atom. The summed E-state index contributed by atoms with van der Waals surface area (Å²) in [5, 5.41) is 6.72. The van der Waals surface area contributed by atoms with Crippen molar-refractivity contribution in [3.63, 3.8) is 0 Å². The van der Waals surface area contributed by atoms with Crippen LogP contribution in [0, 0.1) is 5.92 Å². The van der Waals surface area contributed by atoms with Gasteiger partial charge in [0.15, 0.2) is 0 Å². The normalized spacial score (nSPS) is 14.3. The van der Waals surface area contributed by atoms with E-state index in [0.717, 1.165) is 13.1 Å². The van der Waals surface area contributed by atoms with Gasteiger partial charge in [-0.1, -0.05) is 23.2 Å². The Kier molecular flexibility index (Phi) is 6.20. The van der Waals surface area contributed by atoms with Gasteiger partial charge in [-0.25, -0.2) is 0 Å². The third kappa shape index (κ3) is 3.89. The van der Waals surface area contributed by atoms with Crippen LogP contribution in [-0.4, -0.2) is 32.7 Å². The molecule has 0 bridgehead atoms. The molecule has 1 amide bonds. The third-order valence-electron chi connectivity index (χ3n) is 2.90. The van der Waals surface area contributed by atoms with E-state index in [1.807, 2.05) is 0 Å². The summed E-state index contributed by atoms with van der Waals surface area (Å²) in [6, 6.07) is 3.07. The maximum absolute atomic E-state index is 12.0. The van der Waals surface area contributed by atoms with Gasteiger partial charge in [0.1, 0.15) is 5.75 Å². The summed E-state index contributed by atoms with van der Waals surface area (Å²) in [7, 11) is 1.49. The van der Waals surface area contributed by atoms with Crippen molar-refractivity contribution in [3.05, 3.63) is 27.7 Å². The van der Waals surface area contributed by atoms with Crippen LogP contribution in [0.2, 0.25) is 10.0 Å². The van der Waals surface area contributed by atoms with Gasteiger partial charge in [0, 0.05) is 31.6 Å². The van der Waals surface area contributed by atoms with Crippen molar-refractivity contribution in [2.24, 2.45) is 5.92 Å². The number of ether oxygens (including phenoxy) is 1. The highest BCUT2D eigenvalue weighted by Gasteiger charge is 2.20. The number of benzene rings is 1. The Labute approximate surface area is 128 Å². The van der Waals surface area contributed by atoms with Gasteiger partial charge in [-0.3, -0.25) is 4.79 Å². The highest BCUT2D eigenvalue weighted by atomic mass is 35.5. The molecule has 19 heavy (non-hydrogen) atoms. The maximum atomic E-state index is 12.0. The van der Waals surface area contributed by atoms with Gasteiger partial charge in [0.25, 0.3) is 5.91 Å². The predicted octanol–water partition coefficient (Wildman–Crippen LogP) is 2.37. The first kappa shape index (κ1) is 16.4. The fraction of sp³-hybridized carbons (Fsp3) is 0.417. The van der Waals surface area contributed by atoms with E-state index in [9.17, 15) is 4.79 Å². The smallest absolute Gasteiger partial charge is 0.255 e. The summed E-state index contributed by atoms with van der Waals surface area (Å²) in [4.78, 5) is 12.0. The first-order chi connectivity index (χ1) is 8.61. The predicted molar refractivity (Wildman–Crippen MR) is 79.0 cm³/mol. The largest absolute Gasteiger partial charge is 0.496 e. The lowest BCUT2D eigenvalue weighted by Gasteiger charge is -2.27. The number of methoxy groups -OCH3 is 1. The molecule has 0 radical (unpaired) electrons. The molecule has 4 nitrogen and oxygen atoms in total. The molecule has 1 aliphatic heterocycles. The molecular formula is C12H15Cl3N2O2. The van der Waals surface area contributed by atoms with E-state index in [-0.39, 0.29) is 18.3 Å². The summed E-state index contributed by atoms with van der Waals surface area (Å²) in [5.74, 6) is 0.730. The van der Waals surface area contributed by atoms with E-state index in [4.69, 9.17) is 27.9 Å². The summed E-state index contributed by atoms with van der Waals surface area (Å²) in [6.07, 6.45) is 0. The second kappa shape index (κ2) is 7.20. The van der Waals surface area contributed by atoms with E-state index in [1.165, 1.54) is 13.2 Å². The van der Waals surface area contributed by atoms with Gasteiger partial charge in [0.2, 0.25) is 0 Å². The Bertz CT molecular complexity index is 465. The van der Waals surface area contributed by atoms with Crippen molar-refractivity contribution in [3.8, 4) is 5.75 Å². The van der Waals surface area contributed by atoms with Crippen molar-refractivity contribution in [2.45, 2.75) is 0 Å². The zero-order valence-corrected chi connectivity index (χ0v) is 12.7. The van der Waals surface area contributed by atoms with Crippen LogP contribution in [0.4, 0.5) is 0 Å². The molecule has 0 aromatic heterocycles. The second-order valence-electron chi connectivity index (χ2n) is 4.20. The number of hydrogen-bond donors (Lipinski definition) is 2. The van der Waals surface area contributed by atoms with Crippen LogP contribution in [0.15, 0.2) is 12.1 Å². The lowest BCUT2D eigenvalue weighted by atomic mass is 10.0. The van der Waals surface area contributed by atoms with Gasteiger partial charge in [-0.15, -0.1) is 12.4 Å². The summed E-state index contributed by atoms with van der Waals surface area (Å²) in [6.45, 7) is 2.53. The Morgan fingerprint density at radius 3 is 2.58 bits per heavy atom. The van der Waals surface area contributed by atoms with Crippen LogP contribution in [-0.2, 0) is 0 Å². The standard InChI is InChI=1S/C12H14Cl2N2O2.ClH/c1-18-11-3-10(14)9(13)2-8(11)12(17)16-6-7-4-15-5-7;/h2-3,7,15H,4-6H2,1H3,(H,16,17);1H. The van der Waals surface area contributed by atoms with Crippen LogP contribution in [0.1, 0.15) is 10.4 Å². The molecule has 0 unspecified atom stereocenters. The van der Waals surface area contributed by atoms with E-state index < -0.39 is 0 Å². The van der Waals surface area contributed by atoms with Crippen molar-refractivity contribution < 1.29 is 9.53 Å². The lowest BCUT2D eigenvalue weighted by Crippen LogP contribution is -2.48. The molecule has 7 heteroatoms. The van der Waals surface area contributed by atoms with Gasteiger partial charge >= 0.3 is 0 Å². The number of hydrogen-bond acceptors (Lipinski definition) is 3. The fourth-order valence-corrected chi connectivity index (χ4v) is 2.02. The van der Waals surface area contributed by atoms with Crippen LogP contribution >= 0.6 is 35.6 Å². The minimum atomic E-state index is -0.197. The van der Waals surface area contributed by atoms with E-state index >= 15 is 0 Å². The fourth-order valence-electron chi connectivity index (χ4n) is 1.70. The number of halogens is 3. The number of carbonyl (C=O) groups is 1. The van der Waals surface area contributed by atoms with Crippen LogP contribution in [0.25, 0.3) is 0 Å². The second-order valence-corrected chi connectivity index (χ2v) is 5.02. The Morgan fingerprint density at radius 1 is 1.42 bits per heavy atom.